The van der Waals surface area contributed by atoms with Crippen LogP contribution in [0.2, 0.25) is 0 Å². The maximum atomic E-state index is 11.5. The van der Waals surface area contributed by atoms with Gasteiger partial charge in [-0.05, 0) is 50.9 Å². The number of anilines is 1. The highest BCUT2D eigenvalue weighted by Gasteiger charge is 2.37. The molecular formula is C28H31N5OS. The van der Waals surface area contributed by atoms with Crippen LogP contribution in [0, 0.1) is 6.92 Å². The van der Waals surface area contributed by atoms with Gasteiger partial charge in [0.05, 0.1) is 16.3 Å². The highest BCUT2D eigenvalue weighted by Crippen LogP contribution is 2.43. The maximum Gasteiger partial charge on any atom is 0.223 e. The Bertz CT molecular complexity index is 1280. The Balaban J connectivity index is 1.46. The van der Waals surface area contributed by atoms with E-state index in [0.29, 0.717) is 18.8 Å². The summed E-state index contributed by atoms with van der Waals surface area (Å²) in [6, 6.07) is 20.7. The molecule has 0 saturated carbocycles. The summed E-state index contributed by atoms with van der Waals surface area (Å²) in [6.07, 6.45) is 4.05. The minimum atomic E-state index is -0.905. The lowest BCUT2D eigenvalue weighted by Gasteiger charge is -2.34. The molecule has 2 N–H and O–H groups in total. The van der Waals surface area contributed by atoms with Crippen LogP contribution < -0.4 is 5.32 Å². The molecule has 4 aromatic rings. The first-order chi connectivity index (χ1) is 17.0. The molecule has 0 bridgehead atoms. The number of hydrogen-bond donors (Lipinski definition) is 2. The predicted molar refractivity (Wildman–Crippen MR) is 143 cm³/mol. The van der Waals surface area contributed by atoms with Crippen molar-refractivity contribution in [2.45, 2.75) is 31.8 Å². The second kappa shape index (κ2) is 10.2. The molecular weight excluding hydrogens is 454 g/mol. The van der Waals surface area contributed by atoms with Gasteiger partial charge in [0, 0.05) is 31.4 Å². The summed E-state index contributed by atoms with van der Waals surface area (Å²) in [5.74, 6) is 0.599. The number of rotatable bonds is 7. The number of hydrogen-bond acceptors (Lipinski definition) is 7. The number of nitrogens with zero attached hydrogens (tertiary/aromatic N) is 4. The third kappa shape index (κ3) is 5.42. The lowest BCUT2D eigenvalue weighted by molar-refractivity contribution is -0.0203. The van der Waals surface area contributed by atoms with Gasteiger partial charge < -0.3 is 15.3 Å². The van der Waals surface area contributed by atoms with E-state index in [1.165, 1.54) is 11.1 Å². The normalized spacial score (nSPS) is 15.7. The first-order valence-corrected chi connectivity index (χ1v) is 12.9. The fourth-order valence-corrected chi connectivity index (χ4v) is 5.62. The van der Waals surface area contributed by atoms with Crippen molar-refractivity contribution in [3.8, 4) is 21.8 Å². The highest BCUT2D eigenvalue weighted by molar-refractivity contribution is 7.15. The zero-order chi connectivity index (χ0) is 24.3. The Hall–Kier alpha value is -3.13. The number of benzene rings is 2. The van der Waals surface area contributed by atoms with E-state index in [4.69, 9.17) is 9.97 Å². The standard InChI is InChI=1S/C28H31N5OS/c1-20-7-6-10-22(19-20)24-25(35-26(32-24)28(34)13-17-33(2)18-14-28)23-12-16-30-27(31-23)29-15-11-21-8-4-3-5-9-21/h3-10,12,16,19,34H,11,13-15,17-18H2,1-2H3,(H,29,30,31). The van der Waals surface area contributed by atoms with Crippen LogP contribution in [0.3, 0.4) is 0 Å². The molecule has 1 saturated heterocycles. The second-order valence-electron chi connectivity index (χ2n) is 9.33. The van der Waals surface area contributed by atoms with Crippen LogP contribution in [-0.2, 0) is 12.0 Å². The van der Waals surface area contributed by atoms with Crippen LogP contribution in [-0.4, -0.2) is 51.6 Å². The molecule has 0 atom stereocenters. The molecule has 5 rings (SSSR count). The largest absolute Gasteiger partial charge is 0.383 e. The van der Waals surface area contributed by atoms with Crippen molar-refractivity contribution in [1.29, 1.82) is 0 Å². The summed E-state index contributed by atoms with van der Waals surface area (Å²) < 4.78 is 0. The van der Waals surface area contributed by atoms with Crippen molar-refractivity contribution in [1.82, 2.24) is 19.9 Å². The van der Waals surface area contributed by atoms with E-state index >= 15 is 0 Å². The summed E-state index contributed by atoms with van der Waals surface area (Å²) in [4.78, 5) is 17.5. The minimum Gasteiger partial charge on any atom is -0.383 e. The summed E-state index contributed by atoms with van der Waals surface area (Å²) >= 11 is 1.55. The van der Waals surface area contributed by atoms with E-state index in [-0.39, 0.29) is 0 Å². The van der Waals surface area contributed by atoms with Gasteiger partial charge in [-0.1, -0.05) is 54.1 Å². The van der Waals surface area contributed by atoms with Crippen LogP contribution in [0.1, 0.15) is 29.0 Å². The summed E-state index contributed by atoms with van der Waals surface area (Å²) in [5.41, 5.74) is 4.27. The first-order valence-electron chi connectivity index (χ1n) is 12.1. The molecule has 1 aliphatic heterocycles. The van der Waals surface area contributed by atoms with Crippen molar-refractivity contribution in [3.05, 3.63) is 83.0 Å². The fourth-order valence-electron chi connectivity index (χ4n) is 4.42. The van der Waals surface area contributed by atoms with E-state index in [9.17, 15) is 5.11 Å². The fraction of sp³-hybridized carbons (Fsp3) is 0.321. The Morgan fingerprint density at radius 3 is 2.60 bits per heavy atom. The van der Waals surface area contributed by atoms with E-state index < -0.39 is 5.60 Å². The minimum absolute atomic E-state index is 0.599. The number of aliphatic hydroxyl groups is 1. The monoisotopic (exact) mass is 485 g/mol. The lowest BCUT2D eigenvalue weighted by atomic mass is 9.92. The third-order valence-corrected chi connectivity index (χ3v) is 7.83. The number of likely N-dealkylation sites (tertiary alicyclic amines) is 1. The van der Waals surface area contributed by atoms with E-state index in [0.717, 1.165) is 52.9 Å². The molecule has 35 heavy (non-hydrogen) atoms. The molecule has 0 radical (unpaired) electrons. The molecule has 2 aromatic heterocycles. The Morgan fingerprint density at radius 1 is 1.03 bits per heavy atom. The summed E-state index contributed by atoms with van der Waals surface area (Å²) in [7, 11) is 2.10. The van der Waals surface area contributed by atoms with E-state index in [1.54, 1.807) is 17.5 Å². The van der Waals surface area contributed by atoms with Gasteiger partial charge in [0.25, 0.3) is 0 Å². The zero-order valence-corrected chi connectivity index (χ0v) is 21.1. The predicted octanol–water partition coefficient (Wildman–Crippen LogP) is 5.14. The molecule has 0 spiro atoms. The number of nitrogens with one attached hydrogen (secondary N) is 1. The number of aryl methyl sites for hydroxylation is 1. The Kier molecular flexibility index (Phi) is 6.90. The molecule has 7 heteroatoms. The lowest BCUT2D eigenvalue weighted by Crippen LogP contribution is -2.40. The van der Waals surface area contributed by atoms with Crippen LogP contribution in [0.25, 0.3) is 21.8 Å². The maximum absolute atomic E-state index is 11.5. The van der Waals surface area contributed by atoms with Gasteiger partial charge in [0.15, 0.2) is 0 Å². The number of thiazole rings is 1. The Labute approximate surface area is 210 Å². The number of aromatic nitrogens is 3. The molecule has 0 unspecified atom stereocenters. The quantitative estimate of drug-likeness (QED) is 0.377. The molecule has 180 valence electrons. The molecule has 6 nitrogen and oxygen atoms in total. The number of piperidine rings is 1. The zero-order valence-electron chi connectivity index (χ0n) is 20.2. The van der Waals surface area contributed by atoms with Crippen molar-refractivity contribution in [2.24, 2.45) is 0 Å². The summed E-state index contributed by atoms with van der Waals surface area (Å²) in [6.45, 7) is 4.54. The van der Waals surface area contributed by atoms with Gasteiger partial charge in [-0.2, -0.15) is 0 Å². The highest BCUT2D eigenvalue weighted by atomic mass is 32.1. The van der Waals surface area contributed by atoms with Crippen LogP contribution >= 0.6 is 11.3 Å². The summed E-state index contributed by atoms with van der Waals surface area (Å²) in [5, 5.41) is 15.6. The van der Waals surface area contributed by atoms with Crippen LogP contribution in [0.4, 0.5) is 5.95 Å². The molecule has 1 aliphatic rings. The molecule has 0 aliphatic carbocycles. The first kappa shape index (κ1) is 23.6. The molecule has 3 heterocycles. The van der Waals surface area contributed by atoms with Gasteiger partial charge in [0.2, 0.25) is 5.95 Å². The van der Waals surface area contributed by atoms with Gasteiger partial charge in [-0.25, -0.2) is 15.0 Å². The average molecular weight is 486 g/mol. The second-order valence-corrected chi connectivity index (χ2v) is 10.3. The van der Waals surface area contributed by atoms with Crippen molar-refractivity contribution < 1.29 is 5.11 Å². The smallest absolute Gasteiger partial charge is 0.223 e. The molecule has 2 aromatic carbocycles. The SMILES string of the molecule is Cc1cccc(-c2nc(C3(O)CCN(C)CC3)sc2-c2ccnc(NCCc3ccccc3)n2)c1. The average Bonchev–Trinajstić information content (AvgIpc) is 3.34. The van der Waals surface area contributed by atoms with Gasteiger partial charge in [-0.3, -0.25) is 0 Å². The van der Waals surface area contributed by atoms with Crippen molar-refractivity contribution >= 4 is 17.3 Å². The van der Waals surface area contributed by atoms with Crippen molar-refractivity contribution in [3.63, 3.8) is 0 Å². The topological polar surface area (TPSA) is 74.2 Å². The molecule has 0 amide bonds. The van der Waals surface area contributed by atoms with Crippen molar-refractivity contribution in [2.75, 3.05) is 32.0 Å². The van der Waals surface area contributed by atoms with Gasteiger partial charge >= 0.3 is 0 Å². The van der Waals surface area contributed by atoms with Crippen LogP contribution in [0.15, 0.2) is 66.9 Å². The van der Waals surface area contributed by atoms with Gasteiger partial charge in [0.1, 0.15) is 10.6 Å². The van der Waals surface area contributed by atoms with Crippen LogP contribution in [0.5, 0.6) is 0 Å². The van der Waals surface area contributed by atoms with E-state index in [1.807, 2.05) is 18.2 Å². The van der Waals surface area contributed by atoms with Gasteiger partial charge in [-0.15, -0.1) is 11.3 Å². The third-order valence-electron chi connectivity index (χ3n) is 6.56. The van der Waals surface area contributed by atoms with E-state index in [2.05, 4.69) is 71.6 Å². The molecule has 1 fully saturated rings. The Morgan fingerprint density at radius 2 is 1.83 bits per heavy atom.